The fourth-order valence-electron chi connectivity index (χ4n) is 4.45. The van der Waals surface area contributed by atoms with Crippen LogP contribution in [0.25, 0.3) is 11.4 Å². The number of carbonyl (C=O) groups excluding carboxylic acids is 2. The molecule has 1 aromatic carbocycles. The Hall–Kier alpha value is -3.66. The number of carbonyl (C=O) groups is 2. The predicted octanol–water partition coefficient (Wildman–Crippen LogP) is 1.68. The summed E-state index contributed by atoms with van der Waals surface area (Å²) >= 11 is 0. The zero-order valence-electron chi connectivity index (χ0n) is 18.0. The van der Waals surface area contributed by atoms with Gasteiger partial charge >= 0.3 is 0 Å². The first kappa shape index (κ1) is 21.2. The van der Waals surface area contributed by atoms with Crippen molar-refractivity contribution < 1.29 is 18.8 Å². The van der Waals surface area contributed by atoms with Gasteiger partial charge in [0.1, 0.15) is 0 Å². The van der Waals surface area contributed by atoms with Crippen LogP contribution in [-0.4, -0.2) is 69.2 Å². The molecule has 1 aliphatic carbocycles. The summed E-state index contributed by atoms with van der Waals surface area (Å²) in [4.78, 5) is 40.4. The number of nitrogens with one attached hydrogen (secondary N) is 1. The second kappa shape index (κ2) is 9.45. The number of morpholine rings is 1. The Morgan fingerprint density at radius 3 is 2.52 bits per heavy atom. The van der Waals surface area contributed by atoms with Crippen molar-refractivity contribution in [3.63, 3.8) is 0 Å². The Bertz CT molecular complexity index is 1100. The van der Waals surface area contributed by atoms with Gasteiger partial charge in [-0.1, -0.05) is 35.5 Å². The van der Waals surface area contributed by atoms with Crippen molar-refractivity contribution in [1.82, 2.24) is 30.3 Å². The van der Waals surface area contributed by atoms with E-state index in [9.17, 15) is 9.59 Å². The lowest BCUT2D eigenvalue weighted by atomic mass is 10.0. The Kier molecular flexibility index (Phi) is 6.07. The number of ether oxygens (including phenoxy) is 1. The average molecular weight is 448 g/mol. The van der Waals surface area contributed by atoms with Gasteiger partial charge in [0.05, 0.1) is 19.1 Å². The fraction of sp³-hybridized carbons (Fsp3) is 0.391. The number of hydrogen-bond acceptors (Lipinski definition) is 8. The van der Waals surface area contributed by atoms with Crippen molar-refractivity contribution in [2.45, 2.75) is 24.8 Å². The molecule has 170 valence electrons. The van der Waals surface area contributed by atoms with E-state index >= 15 is 0 Å². The van der Waals surface area contributed by atoms with Gasteiger partial charge in [-0.3, -0.25) is 9.59 Å². The molecule has 0 spiro atoms. The van der Waals surface area contributed by atoms with E-state index < -0.39 is 5.91 Å². The van der Waals surface area contributed by atoms with Crippen molar-refractivity contribution in [3.05, 3.63) is 60.5 Å². The lowest BCUT2D eigenvalue weighted by Crippen LogP contribution is -2.43. The van der Waals surface area contributed by atoms with Crippen molar-refractivity contribution in [1.29, 1.82) is 0 Å². The maximum Gasteiger partial charge on any atom is 0.289 e. The fourth-order valence-corrected chi connectivity index (χ4v) is 4.45. The highest BCUT2D eigenvalue weighted by Crippen LogP contribution is 2.39. The summed E-state index contributed by atoms with van der Waals surface area (Å²) in [6.45, 7) is 2.23. The lowest BCUT2D eigenvalue weighted by Gasteiger charge is -2.29. The molecule has 3 heterocycles. The van der Waals surface area contributed by atoms with Crippen LogP contribution in [0.15, 0.2) is 53.3 Å². The Morgan fingerprint density at radius 2 is 1.76 bits per heavy atom. The van der Waals surface area contributed by atoms with Crippen LogP contribution in [0.5, 0.6) is 0 Å². The van der Waals surface area contributed by atoms with Crippen LogP contribution in [0.3, 0.4) is 0 Å². The average Bonchev–Trinajstić information content (AvgIpc) is 3.53. The molecule has 2 fully saturated rings. The van der Waals surface area contributed by atoms with Gasteiger partial charge < -0.3 is 19.5 Å². The summed E-state index contributed by atoms with van der Waals surface area (Å²) in [6, 6.07) is 10.8. The minimum absolute atomic E-state index is 0.0683. The molecule has 10 nitrogen and oxygen atoms in total. The van der Waals surface area contributed by atoms with Crippen molar-refractivity contribution >= 4 is 11.8 Å². The zero-order chi connectivity index (χ0) is 22.6. The zero-order valence-corrected chi connectivity index (χ0v) is 18.0. The minimum atomic E-state index is -0.395. The summed E-state index contributed by atoms with van der Waals surface area (Å²) in [7, 11) is 0. The first-order valence-electron chi connectivity index (χ1n) is 11.0. The standard InChI is InChI=1S/C23H24N6O4/c30-21(20-24-7-4-8-25-20)26-18-14-16(23(31)29-9-11-32-12-10-29)13-17(18)22-27-19(28-33-22)15-5-2-1-3-6-15/h1-8,16-18H,9-14H2,(H,26,30)/t16-,17-,18+/m1/s1. The maximum atomic E-state index is 13.2. The SMILES string of the molecule is O=C(N[C@H]1C[C@H](C(=O)N2CCOCC2)C[C@H]1c1nc(-c2ccccc2)no1)c1ncccn1. The van der Waals surface area contributed by atoms with Crippen LogP contribution in [0, 0.1) is 5.92 Å². The molecule has 10 heteroatoms. The van der Waals surface area contributed by atoms with Crippen LogP contribution in [-0.2, 0) is 9.53 Å². The second-order valence-electron chi connectivity index (χ2n) is 8.19. The van der Waals surface area contributed by atoms with Gasteiger partial charge in [0.15, 0.2) is 0 Å². The lowest BCUT2D eigenvalue weighted by molar-refractivity contribution is -0.139. The first-order chi connectivity index (χ1) is 16.2. The van der Waals surface area contributed by atoms with Gasteiger partial charge in [-0.2, -0.15) is 4.98 Å². The van der Waals surface area contributed by atoms with E-state index in [-0.39, 0.29) is 29.6 Å². The van der Waals surface area contributed by atoms with E-state index in [4.69, 9.17) is 9.26 Å². The van der Waals surface area contributed by atoms with Crippen LogP contribution >= 0.6 is 0 Å². The van der Waals surface area contributed by atoms with E-state index in [0.717, 1.165) is 5.56 Å². The Balaban J connectivity index is 1.38. The summed E-state index contributed by atoms with van der Waals surface area (Å²) in [5.41, 5.74) is 0.838. The van der Waals surface area contributed by atoms with Gasteiger partial charge in [0, 0.05) is 43.0 Å². The van der Waals surface area contributed by atoms with Crippen molar-refractivity contribution in [2.75, 3.05) is 26.3 Å². The highest BCUT2D eigenvalue weighted by Gasteiger charge is 2.44. The molecule has 0 radical (unpaired) electrons. The third-order valence-electron chi connectivity index (χ3n) is 6.11. The largest absolute Gasteiger partial charge is 0.378 e. The van der Waals surface area contributed by atoms with E-state index in [1.54, 1.807) is 6.07 Å². The normalized spacial score (nSPS) is 22.8. The molecule has 33 heavy (non-hydrogen) atoms. The van der Waals surface area contributed by atoms with Gasteiger partial charge in [-0.15, -0.1) is 0 Å². The maximum absolute atomic E-state index is 13.2. The molecule has 1 saturated carbocycles. The van der Waals surface area contributed by atoms with Gasteiger partial charge in [-0.25, -0.2) is 9.97 Å². The first-order valence-corrected chi connectivity index (χ1v) is 11.0. The minimum Gasteiger partial charge on any atom is -0.378 e. The number of amides is 2. The quantitative estimate of drug-likeness (QED) is 0.625. The van der Waals surface area contributed by atoms with Gasteiger partial charge in [0.2, 0.25) is 23.4 Å². The molecule has 3 aromatic rings. The molecule has 1 aliphatic heterocycles. The predicted molar refractivity (Wildman–Crippen MR) is 116 cm³/mol. The van der Waals surface area contributed by atoms with Gasteiger partial charge in [0.25, 0.3) is 5.91 Å². The number of rotatable bonds is 5. The molecular weight excluding hydrogens is 424 g/mol. The van der Waals surface area contributed by atoms with Crippen LogP contribution in [0.1, 0.15) is 35.3 Å². The molecule has 0 bridgehead atoms. The molecule has 2 aliphatic rings. The highest BCUT2D eigenvalue weighted by molar-refractivity contribution is 5.90. The van der Waals surface area contributed by atoms with Crippen LogP contribution in [0.2, 0.25) is 0 Å². The van der Waals surface area contributed by atoms with Gasteiger partial charge in [-0.05, 0) is 18.9 Å². The van der Waals surface area contributed by atoms with Crippen molar-refractivity contribution in [3.8, 4) is 11.4 Å². The Morgan fingerprint density at radius 1 is 1.00 bits per heavy atom. The Labute approximate surface area is 190 Å². The molecule has 2 amide bonds. The molecule has 0 unspecified atom stereocenters. The summed E-state index contributed by atoms with van der Waals surface area (Å²) < 4.78 is 11.0. The second-order valence-corrected chi connectivity index (χ2v) is 8.19. The highest BCUT2D eigenvalue weighted by atomic mass is 16.5. The monoisotopic (exact) mass is 448 g/mol. The molecule has 1 N–H and O–H groups in total. The third-order valence-corrected chi connectivity index (χ3v) is 6.11. The van der Waals surface area contributed by atoms with E-state index in [1.165, 1.54) is 12.4 Å². The topological polar surface area (TPSA) is 123 Å². The smallest absolute Gasteiger partial charge is 0.289 e. The molecular formula is C23H24N6O4. The summed E-state index contributed by atoms with van der Waals surface area (Å²) in [6.07, 6.45) is 4.02. The van der Waals surface area contributed by atoms with Crippen LogP contribution in [0.4, 0.5) is 0 Å². The number of hydrogen-bond donors (Lipinski definition) is 1. The molecule has 2 aromatic heterocycles. The number of aromatic nitrogens is 4. The summed E-state index contributed by atoms with van der Waals surface area (Å²) in [5.74, 6) is 0.0802. The number of nitrogens with zero attached hydrogens (tertiary/aromatic N) is 5. The molecule has 5 rings (SSSR count). The van der Waals surface area contributed by atoms with Crippen molar-refractivity contribution in [2.24, 2.45) is 5.92 Å². The van der Waals surface area contributed by atoms with E-state index in [0.29, 0.717) is 50.9 Å². The number of benzene rings is 1. The summed E-state index contributed by atoms with van der Waals surface area (Å²) in [5, 5.41) is 7.12. The van der Waals surface area contributed by atoms with E-state index in [2.05, 4.69) is 25.4 Å². The van der Waals surface area contributed by atoms with Crippen LogP contribution < -0.4 is 5.32 Å². The van der Waals surface area contributed by atoms with E-state index in [1.807, 2.05) is 35.2 Å². The molecule has 1 saturated heterocycles. The molecule has 3 atom stereocenters. The third kappa shape index (κ3) is 4.61.